The summed E-state index contributed by atoms with van der Waals surface area (Å²) in [5.41, 5.74) is 14.6. The van der Waals surface area contributed by atoms with E-state index in [0.29, 0.717) is 11.8 Å². The van der Waals surface area contributed by atoms with E-state index in [1.165, 1.54) is 0 Å². The summed E-state index contributed by atoms with van der Waals surface area (Å²) < 4.78 is 7.58. The number of nitrogen functional groups attached to an aromatic ring is 2. The molecule has 2 aromatic heterocycles. The first-order valence-corrected chi connectivity index (χ1v) is 7.57. The predicted molar refractivity (Wildman–Crippen MR) is 96.0 cm³/mol. The van der Waals surface area contributed by atoms with Crippen molar-refractivity contribution >= 4 is 17.3 Å². The molecule has 0 amide bonds. The second-order valence-corrected chi connectivity index (χ2v) is 5.47. The van der Waals surface area contributed by atoms with E-state index in [1.807, 2.05) is 72.9 Å². The number of anilines is 2. The molecule has 5 nitrogen and oxygen atoms in total. The number of pyridine rings is 1. The van der Waals surface area contributed by atoms with Crippen LogP contribution in [0.3, 0.4) is 0 Å². The quantitative estimate of drug-likeness (QED) is 0.599. The van der Waals surface area contributed by atoms with Gasteiger partial charge in [-0.15, -0.1) is 0 Å². The Morgan fingerprint density at radius 3 is 2.25 bits per heavy atom. The highest BCUT2D eigenvalue weighted by Crippen LogP contribution is 2.28. The van der Waals surface area contributed by atoms with Gasteiger partial charge in [-0.25, -0.2) is 0 Å². The van der Waals surface area contributed by atoms with Gasteiger partial charge >= 0.3 is 0 Å². The molecule has 4 rings (SSSR count). The number of para-hydroxylation sites is 1. The first kappa shape index (κ1) is 14.1. The van der Waals surface area contributed by atoms with Crippen molar-refractivity contribution in [3.05, 3.63) is 72.9 Å². The molecular formula is C19H16N4O. The van der Waals surface area contributed by atoms with E-state index in [4.69, 9.17) is 16.2 Å². The fourth-order valence-electron chi connectivity index (χ4n) is 2.65. The van der Waals surface area contributed by atoms with Crippen LogP contribution in [0.5, 0.6) is 11.5 Å². The highest BCUT2D eigenvalue weighted by atomic mass is 16.5. The number of aromatic nitrogens is 2. The fourth-order valence-corrected chi connectivity index (χ4v) is 2.65. The number of imidazole rings is 1. The van der Waals surface area contributed by atoms with Crippen molar-refractivity contribution in [2.75, 3.05) is 11.5 Å². The third kappa shape index (κ3) is 2.52. The zero-order chi connectivity index (χ0) is 16.5. The van der Waals surface area contributed by atoms with Crippen LogP contribution in [0.15, 0.2) is 72.9 Å². The highest BCUT2D eigenvalue weighted by Gasteiger charge is 2.07. The van der Waals surface area contributed by atoms with Crippen LogP contribution in [0.4, 0.5) is 11.8 Å². The van der Waals surface area contributed by atoms with E-state index in [1.54, 1.807) is 4.40 Å². The molecule has 0 aliphatic heterocycles. The van der Waals surface area contributed by atoms with Crippen LogP contribution in [0.25, 0.3) is 16.6 Å². The second-order valence-electron chi connectivity index (χ2n) is 5.47. The number of benzene rings is 2. The monoisotopic (exact) mass is 316 g/mol. The van der Waals surface area contributed by atoms with Gasteiger partial charge in [0.05, 0.1) is 5.52 Å². The first-order valence-electron chi connectivity index (χ1n) is 7.57. The summed E-state index contributed by atoms with van der Waals surface area (Å²) >= 11 is 0. The van der Waals surface area contributed by atoms with E-state index in [-0.39, 0.29) is 0 Å². The molecule has 0 spiro atoms. The van der Waals surface area contributed by atoms with Crippen LogP contribution in [0, 0.1) is 0 Å². The lowest BCUT2D eigenvalue weighted by molar-refractivity contribution is 0.483. The molecule has 5 heteroatoms. The normalized spacial score (nSPS) is 10.8. The van der Waals surface area contributed by atoms with Crippen molar-refractivity contribution in [3.63, 3.8) is 0 Å². The molecule has 0 bridgehead atoms. The third-order valence-corrected chi connectivity index (χ3v) is 3.87. The lowest BCUT2D eigenvalue weighted by Gasteiger charge is -2.07. The summed E-state index contributed by atoms with van der Waals surface area (Å²) in [6, 6.07) is 21.6. The Morgan fingerprint density at radius 2 is 1.50 bits per heavy atom. The Bertz CT molecular complexity index is 991. The molecule has 118 valence electrons. The largest absolute Gasteiger partial charge is 0.457 e. The maximum atomic E-state index is 5.90. The average Bonchev–Trinajstić information content (AvgIpc) is 2.90. The van der Waals surface area contributed by atoms with Crippen LogP contribution in [-0.2, 0) is 0 Å². The van der Waals surface area contributed by atoms with Crippen LogP contribution < -0.4 is 16.2 Å². The maximum Gasteiger partial charge on any atom is 0.206 e. The molecule has 4 N–H and O–H groups in total. The van der Waals surface area contributed by atoms with Crippen molar-refractivity contribution in [3.8, 4) is 22.6 Å². The number of hydrogen-bond donors (Lipinski definition) is 2. The molecule has 4 aromatic rings. The lowest BCUT2D eigenvalue weighted by atomic mass is 10.1. The van der Waals surface area contributed by atoms with Crippen LogP contribution in [0.2, 0.25) is 0 Å². The van der Waals surface area contributed by atoms with Gasteiger partial charge in [-0.2, -0.15) is 4.98 Å². The molecule has 0 saturated heterocycles. The topological polar surface area (TPSA) is 78.6 Å². The Balaban J connectivity index is 1.64. The Hall–Kier alpha value is -3.47. The minimum atomic E-state index is 0.389. The zero-order valence-electron chi connectivity index (χ0n) is 12.9. The summed E-state index contributed by atoms with van der Waals surface area (Å²) in [5, 5.41) is 0. The Kier molecular flexibility index (Phi) is 3.31. The maximum absolute atomic E-state index is 5.90. The molecule has 0 saturated carbocycles. The fraction of sp³-hybridized carbons (Fsp3) is 0. The Morgan fingerprint density at radius 1 is 0.792 bits per heavy atom. The summed E-state index contributed by atoms with van der Waals surface area (Å²) in [7, 11) is 0. The smallest absolute Gasteiger partial charge is 0.206 e. The molecule has 2 heterocycles. The van der Waals surface area contributed by atoms with Gasteiger partial charge in [-0.05, 0) is 47.5 Å². The number of nitrogens with zero attached hydrogens (tertiary/aromatic N) is 2. The van der Waals surface area contributed by atoms with E-state index in [2.05, 4.69) is 4.98 Å². The number of fused-ring (bicyclic) bond motifs is 1. The van der Waals surface area contributed by atoms with Gasteiger partial charge in [-0.1, -0.05) is 30.3 Å². The zero-order valence-corrected chi connectivity index (χ0v) is 12.9. The van der Waals surface area contributed by atoms with Crippen molar-refractivity contribution in [1.82, 2.24) is 9.38 Å². The van der Waals surface area contributed by atoms with Crippen molar-refractivity contribution < 1.29 is 4.74 Å². The molecule has 2 aromatic carbocycles. The SMILES string of the molecule is Nc1nc(N)n2ccc(-c3ccc(Oc4ccccc4)cc3)cc12. The van der Waals surface area contributed by atoms with Gasteiger partial charge in [0.25, 0.3) is 0 Å². The van der Waals surface area contributed by atoms with E-state index in [0.717, 1.165) is 28.1 Å². The number of ether oxygens (including phenoxy) is 1. The Labute approximate surface area is 139 Å². The molecule has 0 unspecified atom stereocenters. The van der Waals surface area contributed by atoms with Gasteiger partial charge in [0.1, 0.15) is 11.5 Å². The number of nitrogens with two attached hydrogens (primary N) is 2. The predicted octanol–water partition coefficient (Wildman–Crippen LogP) is 3.96. The van der Waals surface area contributed by atoms with Crippen LogP contribution >= 0.6 is 0 Å². The molecule has 0 aliphatic rings. The van der Waals surface area contributed by atoms with Crippen molar-refractivity contribution in [1.29, 1.82) is 0 Å². The molecule has 0 fully saturated rings. The molecule has 0 aliphatic carbocycles. The molecule has 0 atom stereocenters. The van der Waals surface area contributed by atoms with E-state index in [9.17, 15) is 0 Å². The third-order valence-electron chi connectivity index (χ3n) is 3.87. The van der Waals surface area contributed by atoms with E-state index >= 15 is 0 Å². The minimum Gasteiger partial charge on any atom is -0.457 e. The number of rotatable bonds is 3. The highest BCUT2D eigenvalue weighted by molar-refractivity contribution is 5.77. The van der Waals surface area contributed by atoms with Gasteiger partial charge in [0.2, 0.25) is 5.95 Å². The number of hydrogen-bond acceptors (Lipinski definition) is 4. The summed E-state index contributed by atoms with van der Waals surface area (Å²) in [6.45, 7) is 0. The molecule has 0 radical (unpaired) electrons. The van der Waals surface area contributed by atoms with Gasteiger partial charge in [0.15, 0.2) is 5.82 Å². The van der Waals surface area contributed by atoms with E-state index < -0.39 is 0 Å². The standard InChI is InChI=1S/C19H16N4O/c20-18-17-12-14(10-11-23(17)19(21)22-18)13-6-8-16(9-7-13)24-15-4-2-1-3-5-15/h1-12H,20H2,(H2,21,22). The van der Waals surface area contributed by atoms with Gasteiger partial charge in [0, 0.05) is 6.20 Å². The first-order chi connectivity index (χ1) is 11.7. The van der Waals surface area contributed by atoms with Gasteiger partial charge < -0.3 is 16.2 Å². The van der Waals surface area contributed by atoms with Crippen LogP contribution in [-0.4, -0.2) is 9.38 Å². The van der Waals surface area contributed by atoms with Crippen molar-refractivity contribution in [2.45, 2.75) is 0 Å². The van der Waals surface area contributed by atoms with Crippen LogP contribution in [0.1, 0.15) is 0 Å². The lowest BCUT2D eigenvalue weighted by Crippen LogP contribution is -1.93. The average molecular weight is 316 g/mol. The summed E-state index contributed by atoms with van der Waals surface area (Å²) in [4.78, 5) is 4.08. The summed E-state index contributed by atoms with van der Waals surface area (Å²) in [5.74, 6) is 2.42. The summed E-state index contributed by atoms with van der Waals surface area (Å²) in [6.07, 6.45) is 1.87. The van der Waals surface area contributed by atoms with Crippen molar-refractivity contribution in [2.24, 2.45) is 0 Å². The second kappa shape index (κ2) is 5.62. The van der Waals surface area contributed by atoms with Gasteiger partial charge in [-0.3, -0.25) is 4.40 Å². The molecular weight excluding hydrogens is 300 g/mol. The minimum absolute atomic E-state index is 0.389. The molecule has 24 heavy (non-hydrogen) atoms.